The lowest BCUT2D eigenvalue weighted by atomic mass is 10.2. The van der Waals surface area contributed by atoms with E-state index in [2.05, 4.69) is 37.5 Å². The standard InChI is InChI=1S/C12H9BrN4/c1-8-6-10(2-3-11(8)13)16-12-9(7-14)4-5-15-17-12/h2-6H,1H3,(H,16,17). The van der Waals surface area contributed by atoms with E-state index in [-0.39, 0.29) is 0 Å². The summed E-state index contributed by atoms with van der Waals surface area (Å²) in [7, 11) is 0. The summed E-state index contributed by atoms with van der Waals surface area (Å²) < 4.78 is 1.04. The van der Waals surface area contributed by atoms with Crippen molar-refractivity contribution in [1.82, 2.24) is 10.2 Å². The highest BCUT2D eigenvalue weighted by Gasteiger charge is 2.04. The van der Waals surface area contributed by atoms with Gasteiger partial charge < -0.3 is 5.32 Å². The van der Waals surface area contributed by atoms with Crippen molar-refractivity contribution in [3.63, 3.8) is 0 Å². The van der Waals surface area contributed by atoms with Gasteiger partial charge in [-0.2, -0.15) is 10.4 Å². The second-order valence-corrected chi connectivity index (χ2v) is 4.35. The summed E-state index contributed by atoms with van der Waals surface area (Å²) >= 11 is 3.43. The first-order valence-corrected chi connectivity index (χ1v) is 5.75. The maximum absolute atomic E-state index is 8.93. The van der Waals surface area contributed by atoms with Crippen LogP contribution in [0.25, 0.3) is 0 Å². The van der Waals surface area contributed by atoms with E-state index in [9.17, 15) is 0 Å². The molecular weight excluding hydrogens is 280 g/mol. The van der Waals surface area contributed by atoms with Crippen LogP contribution >= 0.6 is 15.9 Å². The molecule has 0 aliphatic carbocycles. The fourth-order valence-corrected chi connectivity index (χ4v) is 1.62. The minimum absolute atomic E-state index is 0.469. The Labute approximate surface area is 107 Å². The van der Waals surface area contributed by atoms with E-state index in [1.807, 2.05) is 25.1 Å². The molecule has 1 aromatic heterocycles. The lowest BCUT2D eigenvalue weighted by molar-refractivity contribution is 1.03. The number of nitrogens with zero attached hydrogens (tertiary/aromatic N) is 3. The third-order valence-electron chi connectivity index (χ3n) is 2.26. The second kappa shape index (κ2) is 4.93. The predicted molar refractivity (Wildman–Crippen MR) is 68.9 cm³/mol. The van der Waals surface area contributed by atoms with Crippen molar-refractivity contribution in [2.75, 3.05) is 5.32 Å². The fraction of sp³-hybridized carbons (Fsp3) is 0.0833. The Kier molecular flexibility index (Phi) is 3.35. The van der Waals surface area contributed by atoms with E-state index in [0.717, 1.165) is 15.7 Å². The van der Waals surface area contributed by atoms with E-state index >= 15 is 0 Å². The highest BCUT2D eigenvalue weighted by molar-refractivity contribution is 9.10. The molecule has 2 aromatic rings. The zero-order valence-electron chi connectivity index (χ0n) is 9.11. The Balaban J connectivity index is 2.32. The number of hydrogen-bond acceptors (Lipinski definition) is 4. The monoisotopic (exact) mass is 288 g/mol. The number of nitrogens with one attached hydrogen (secondary N) is 1. The smallest absolute Gasteiger partial charge is 0.171 e. The molecule has 2 rings (SSSR count). The van der Waals surface area contributed by atoms with Gasteiger partial charge in [0.05, 0.1) is 11.8 Å². The highest BCUT2D eigenvalue weighted by atomic mass is 79.9. The third kappa shape index (κ3) is 2.60. The first kappa shape index (κ1) is 11.6. The van der Waals surface area contributed by atoms with Gasteiger partial charge in [-0.25, -0.2) is 0 Å². The quantitative estimate of drug-likeness (QED) is 0.922. The number of aryl methyl sites for hydroxylation is 1. The molecule has 4 nitrogen and oxygen atoms in total. The van der Waals surface area contributed by atoms with Crippen molar-refractivity contribution in [1.29, 1.82) is 5.26 Å². The molecule has 1 heterocycles. The SMILES string of the molecule is Cc1cc(Nc2nnccc2C#N)ccc1Br. The third-order valence-corrected chi connectivity index (χ3v) is 3.15. The maximum Gasteiger partial charge on any atom is 0.171 e. The predicted octanol–water partition coefficient (Wildman–Crippen LogP) is 3.16. The Hall–Kier alpha value is -1.93. The van der Waals surface area contributed by atoms with Crippen molar-refractivity contribution in [2.24, 2.45) is 0 Å². The molecule has 0 atom stereocenters. The van der Waals surface area contributed by atoms with Crippen LogP contribution in [0.2, 0.25) is 0 Å². The molecule has 0 saturated heterocycles. The molecule has 0 radical (unpaired) electrons. The highest BCUT2D eigenvalue weighted by Crippen LogP contribution is 2.23. The van der Waals surface area contributed by atoms with Crippen LogP contribution in [0.1, 0.15) is 11.1 Å². The van der Waals surface area contributed by atoms with Gasteiger partial charge in [-0.05, 0) is 36.8 Å². The minimum atomic E-state index is 0.469. The first-order chi connectivity index (χ1) is 8.20. The van der Waals surface area contributed by atoms with Crippen molar-refractivity contribution >= 4 is 27.4 Å². The van der Waals surface area contributed by atoms with E-state index in [4.69, 9.17) is 5.26 Å². The summed E-state index contributed by atoms with van der Waals surface area (Å²) in [6, 6.07) is 9.52. The van der Waals surface area contributed by atoms with Gasteiger partial charge in [0.15, 0.2) is 5.82 Å². The molecule has 0 aliphatic heterocycles. The number of nitriles is 1. The van der Waals surface area contributed by atoms with Gasteiger partial charge in [-0.3, -0.25) is 0 Å². The zero-order chi connectivity index (χ0) is 12.3. The maximum atomic E-state index is 8.93. The van der Waals surface area contributed by atoms with Crippen LogP contribution in [0.15, 0.2) is 34.9 Å². The van der Waals surface area contributed by atoms with Gasteiger partial charge in [0.25, 0.3) is 0 Å². The average Bonchev–Trinajstić information content (AvgIpc) is 2.34. The number of anilines is 2. The van der Waals surface area contributed by atoms with Crippen molar-refractivity contribution < 1.29 is 0 Å². The molecular formula is C12H9BrN4. The Morgan fingerprint density at radius 1 is 1.35 bits per heavy atom. The summed E-state index contributed by atoms with van der Waals surface area (Å²) in [6.07, 6.45) is 1.50. The Bertz CT molecular complexity index is 589. The minimum Gasteiger partial charge on any atom is -0.338 e. The number of aromatic nitrogens is 2. The van der Waals surface area contributed by atoms with Crippen LogP contribution in [0.5, 0.6) is 0 Å². The first-order valence-electron chi connectivity index (χ1n) is 4.95. The van der Waals surface area contributed by atoms with Crippen LogP contribution in [-0.4, -0.2) is 10.2 Å². The van der Waals surface area contributed by atoms with E-state index in [0.29, 0.717) is 11.4 Å². The van der Waals surface area contributed by atoms with Gasteiger partial charge in [-0.1, -0.05) is 15.9 Å². The summed E-state index contributed by atoms with van der Waals surface area (Å²) in [5, 5.41) is 19.7. The Morgan fingerprint density at radius 2 is 2.18 bits per heavy atom. The number of rotatable bonds is 2. The van der Waals surface area contributed by atoms with Crippen molar-refractivity contribution in [3.8, 4) is 6.07 Å². The molecule has 0 saturated carbocycles. The summed E-state index contributed by atoms with van der Waals surface area (Å²) in [6.45, 7) is 2.00. The molecule has 1 N–H and O–H groups in total. The molecule has 0 bridgehead atoms. The lowest BCUT2D eigenvalue weighted by Gasteiger charge is -2.07. The number of benzene rings is 1. The van der Waals surface area contributed by atoms with Crippen LogP contribution < -0.4 is 5.32 Å². The number of hydrogen-bond donors (Lipinski definition) is 1. The van der Waals surface area contributed by atoms with Crippen molar-refractivity contribution in [2.45, 2.75) is 6.92 Å². The van der Waals surface area contributed by atoms with Gasteiger partial charge in [-0.15, -0.1) is 5.10 Å². The molecule has 0 fully saturated rings. The van der Waals surface area contributed by atoms with E-state index < -0.39 is 0 Å². The van der Waals surface area contributed by atoms with Crippen LogP contribution in [0, 0.1) is 18.3 Å². The van der Waals surface area contributed by atoms with E-state index in [1.54, 1.807) is 6.07 Å². The van der Waals surface area contributed by atoms with Crippen LogP contribution in [0.4, 0.5) is 11.5 Å². The summed E-state index contributed by atoms with van der Waals surface area (Å²) in [5.41, 5.74) is 2.46. The number of halogens is 1. The summed E-state index contributed by atoms with van der Waals surface area (Å²) in [5.74, 6) is 0.469. The van der Waals surface area contributed by atoms with Crippen LogP contribution in [-0.2, 0) is 0 Å². The van der Waals surface area contributed by atoms with Gasteiger partial charge >= 0.3 is 0 Å². The van der Waals surface area contributed by atoms with Gasteiger partial charge in [0, 0.05) is 10.2 Å². The molecule has 5 heteroatoms. The Morgan fingerprint density at radius 3 is 2.88 bits per heavy atom. The van der Waals surface area contributed by atoms with Crippen LogP contribution in [0.3, 0.4) is 0 Å². The topological polar surface area (TPSA) is 61.6 Å². The van der Waals surface area contributed by atoms with Gasteiger partial charge in [0.1, 0.15) is 6.07 Å². The molecule has 84 valence electrons. The van der Waals surface area contributed by atoms with Gasteiger partial charge in [0.2, 0.25) is 0 Å². The second-order valence-electron chi connectivity index (χ2n) is 3.49. The molecule has 17 heavy (non-hydrogen) atoms. The molecule has 0 unspecified atom stereocenters. The molecule has 0 aliphatic rings. The average molecular weight is 289 g/mol. The largest absolute Gasteiger partial charge is 0.338 e. The zero-order valence-corrected chi connectivity index (χ0v) is 10.7. The summed E-state index contributed by atoms with van der Waals surface area (Å²) in [4.78, 5) is 0. The fourth-order valence-electron chi connectivity index (χ4n) is 1.37. The molecule has 0 amide bonds. The van der Waals surface area contributed by atoms with Crippen molar-refractivity contribution in [3.05, 3.63) is 46.1 Å². The normalized spacial score (nSPS) is 9.71. The lowest BCUT2D eigenvalue weighted by Crippen LogP contribution is -1.98. The molecule has 1 aromatic carbocycles. The van der Waals surface area contributed by atoms with E-state index in [1.165, 1.54) is 6.20 Å². The molecule has 0 spiro atoms.